The topological polar surface area (TPSA) is 122 Å². The van der Waals surface area contributed by atoms with Crippen LogP contribution >= 0.6 is 0 Å². The number of anilines is 2. The molecule has 0 aliphatic carbocycles. The zero-order valence-corrected chi connectivity index (χ0v) is 14.3. The molecule has 9 heteroatoms. The smallest absolute Gasteiger partial charge is 0.407 e. The van der Waals surface area contributed by atoms with E-state index in [4.69, 9.17) is 15.6 Å². The molecule has 0 unspecified atom stereocenters. The van der Waals surface area contributed by atoms with Crippen LogP contribution in [-0.4, -0.2) is 58.2 Å². The van der Waals surface area contributed by atoms with Crippen molar-refractivity contribution in [1.29, 1.82) is 0 Å². The van der Waals surface area contributed by atoms with Crippen LogP contribution in [0, 0.1) is 0 Å². The van der Waals surface area contributed by atoms with Gasteiger partial charge in [-0.25, -0.2) is 14.8 Å². The molecule has 0 spiro atoms. The first-order chi connectivity index (χ1) is 13.0. The van der Waals surface area contributed by atoms with Crippen LogP contribution in [0.2, 0.25) is 0 Å². The minimum absolute atomic E-state index is 0.0818. The SMILES string of the molecule is Nc1ncnc2c1C(=O)N(c1ccc(C3=CCN(C(=O)O)C3)cc1)CCO2. The first kappa shape index (κ1) is 16.8. The average molecular weight is 367 g/mol. The molecule has 4 rings (SSSR count). The van der Waals surface area contributed by atoms with Crippen LogP contribution in [0.5, 0.6) is 5.88 Å². The first-order valence-electron chi connectivity index (χ1n) is 8.37. The predicted octanol–water partition coefficient (Wildman–Crippen LogP) is 1.48. The number of aromatic nitrogens is 2. The Bertz CT molecular complexity index is 941. The zero-order valence-electron chi connectivity index (χ0n) is 14.3. The summed E-state index contributed by atoms with van der Waals surface area (Å²) < 4.78 is 5.53. The van der Waals surface area contributed by atoms with E-state index in [1.807, 2.05) is 30.3 Å². The third-order valence-corrected chi connectivity index (χ3v) is 4.59. The van der Waals surface area contributed by atoms with Crippen molar-refractivity contribution in [2.75, 3.05) is 36.9 Å². The number of carbonyl (C=O) groups excluding carboxylic acids is 1. The number of nitrogen functional groups attached to an aromatic ring is 1. The van der Waals surface area contributed by atoms with Crippen LogP contribution in [0.25, 0.3) is 5.57 Å². The summed E-state index contributed by atoms with van der Waals surface area (Å²) in [6, 6.07) is 7.39. The van der Waals surface area contributed by atoms with Crippen LogP contribution in [0.4, 0.5) is 16.3 Å². The van der Waals surface area contributed by atoms with Crippen molar-refractivity contribution in [2.24, 2.45) is 0 Å². The maximum Gasteiger partial charge on any atom is 0.407 e. The minimum atomic E-state index is -0.938. The van der Waals surface area contributed by atoms with Gasteiger partial charge < -0.3 is 25.4 Å². The van der Waals surface area contributed by atoms with Gasteiger partial charge in [0.25, 0.3) is 5.91 Å². The van der Waals surface area contributed by atoms with E-state index in [2.05, 4.69) is 9.97 Å². The quantitative estimate of drug-likeness (QED) is 0.824. The van der Waals surface area contributed by atoms with Crippen LogP contribution in [-0.2, 0) is 0 Å². The number of ether oxygens (including phenoxy) is 1. The lowest BCUT2D eigenvalue weighted by Crippen LogP contribution is -2.32. The van der Waals surface area contributed by atoms with Crippen molar-refractivity contribution < 1.29 is 19.4 Å². The van der Waals surface area contributed by atoms with E-state index >= 15 is 0 Å². The number of benzene rings is 1. The summed E-state index contributed by atoms with van der Waals surface area (Å²) >= 11 is 0. The molecule has 0 saturated carbocycles. The highest BCUT2D eigenvalue weighted by atomic mass is 16.5. The van der Waals surface area contributed by atoms with Crippen LogP contribution in [0.3, 0.4) is 0 Å². The van der Waals surface area contributed by atoms with Gasteiger partial charge >= 0.3 is 6.09 Å². The predicted molar refractivity (Wildman–Crippen MR) is 97.6 cm³/mol. The molecule has 2 amide bonds. The summed E-state index contributed by atoms with van der Waals surface area (Å²) in [4.78, 5) is 34.7. The molecule has 1 aromatic carbocycles. The molecule has 0 bridgehead atoms. The molecule has 9 nitrogen and oxygen atoms in total. The van der Waals surface area contributed by atoms with Gasteiger partial charge in [0, 0.05) is 18.8 Å². The maximum atomic E-state index is 12.9. The number of hydrogen-bond donors (Lipinski definition) is 2. The Balaban J connectivity index is 1.58. The van der Waals surface area contributed by atoms with Gasteiger partial charge in [-0.1, -0.05) is 18.2 Å². The Morgan fingerprint density at radius 2 is 2.00 bits per heavy atom. The molecule has 2 aliphatic rings. The van der Waals surface area contributed by atoms with Crippen molar-refractivity contribution in [2.45, 2.75) is 0 Å². The van der Waals surface area contributed by atoms with E-state index < -0.39 is 6.09 Å². The Kier molecular flexibility index (Phi) is 4.11. The molecule has 0 saturated heterocycles. The standard InChI is InChI=1S/C18H17N5O4/c19-15-14-16(21-10-20-15)27-8-7-23(17(14)24)13-3-1-11(2-4-13)12-5-6-22(9-12)18(25)26/h1-5,10H,6-9H2,(H,25,26)(H2,19,20,21). The molecule has 2 aromatic rings. The lowest BCUT2D eigenvalue weighted by Gasteiger charge is -2.20. The summed E-state index contributed by atoms with van der Waals surface area (Å²) in [6.45, 7) is 1.37. The molecule has 2 aliphatic heterocycles. The van der Waals surface area contributed by atoms with Crippen molar-refractivity contribution in [3.63, 3.8) is 0 Å². The molecule has 3 N–H and O–H groups in total. The van der Waals surface area contributed by atoms with Crippen LogP contribution in [0.15, 0.2) is 36.7 Å². The van der Waals surface area contributed by atoms with E-state index in [9.17, 15) is 9.59 Å². The Labute approximate surface area is 154 Å². The second kappa shape index (κ2) is 6.60. The highest BCUT2D eigenvalue weighted by molar-refractivity contribution is 6.10. The van der Waals surface area contributed by atoms with Crippen LogP contribution < -0.4 is 15.4 Å². The van der Waals surface area contributed by atoms with Crippen molar-refractivity contribution in [1.82, 2.24) is 14.9 Å². The number of hydrogen-bond acceptors (Lipinski definition) is 6. The largest absolute Gasteiger partial charge is 0.475 e. The molecular formula is C18H17N5O4. The Hall–Kier alpha value is -3.62. The fourth-order valence-electron chi connectivity index (χ4n) is 3.17. The fourth-order valence-corrected chi connectivity index (χ4v) is 3.17. The number of carboxylic acid groups (broad SMARTS) is 1. The van der Waals surface area contributed by atoms with Crippen molar-refractivity contribution >= 4 is 29.1 Å². The zero-order chi connectivity index (χ0) is 19.0. The number of carbonyl (C=O) groups is 2. The van der Waals surface area contributed by atoms with Gasteiger partial charge in [0.05, 0.1) is 6.54 Å². The molecule has 27 heavy (non-hydrogen) atoms. The lowest BCUT2D eigenvalue weighted by molar-refractivity contribution is 0.0990. The number of amides is 2. The third kappa shape index (κ3) is 3.03. The number of nitrogens with zero attached hydrogens (tertiary/aromatic N) is 4. The molecule has 1 aromatic heterocycles. The van der Waals surface area contributed by atoms with Gasteiger partial charge in [0.1, 0.15) is 24.3 Å². The van der Waals surface area contributed by atoms with E-state index in [1.54, 1.807) is 4.90 Å². The number of nitrogens with two attached hydrogens (primary N) is 1. The first-order valence-corrected chi connectivity index (χ1v) is 8.37. The average Bonchev–Trinajstić information content (AvgIpc) is 3.09. The highest BCUT2D eigenvalue weighted by Gasteiger charge is 2.28. The van der Waals surface area contributed by atoms with E-state index in [-0.39, 0.29) is 29.8 Å². The van der Waals surface area contributed by atoms with Gasteiger partial charge in [-0.2, -0.15) is 0 Å². The number of fused-ring (bicyclic) bond motifs is 1. The Morgan fingerprint density at radius 1 is 1.22 bits per heavy atom. The third-order valence-electron chi connectivity index (χ3n) is 4.59. The normalized spacial score (nSPS) is 16.4. The van der Waals surface area contributed by atoms with E-state index in [0.717, 1.165) is 11.1 Å². The second-order valence-corrected chi connectivity index (χ2v) is 6.18. The summed E-state index contributed by atoms with van der Waals surface area (Å²) in [5, 5.41) is 9.07. The van der Waals surface area contributed by atoms with Gasteiger partial charge in [-0.15, -0.1) is 0 Å². The fraction of sp³-hybridized carbons (Fsp3) is 0.222. The summed E-state index contributed by atoms with van der Waals surface area (Å²) in [5.41, 5.74) is 8.56. The second-order valence-electron chi connectivity index (χ2n) is 6.18. The molecule has 0 radical (unpaired) electrons. The monoisotopic (exact) mass is 367 g/mol. The summed E-state index contributed by atoms with van der Waals surface area (Å²) in [6.07, 6.45) is 2.22. The van der Waals surface area contributed by atoms with Crippen molar-refractivity contribution in [3.8, 4) is 5.88 Å². The van der Waals surface area contributed by atoms with Gasteiger partial charge in [0.2, 0.25) is 5.88 Å². The maximum absolute atomic E-state index is 12.9. The Morgan fingerprint density at radius 3 is 2.70 bits per heavy atom. The lowest BCUT2D eigenvalue weighted by atomic mass is 10.1. The van der Waals surface area contributed by atoms with Gasteiger partial charge in [-0.3, -0.25) is 4.79 Å². The van der Waals surface area contributed by atoms with Gasteiger partial charge in [-0.05, 0) is 23.3 Å². The molecule has 0 fully saturated rings. The molecular weight excluding hydrogens is 350 g/mol. The number of rotatable bonds is 2. The molecule has 3 heterocycles. The molecule has 138 valence electrons. The summed E-state index contributed by atoms with van der Waals surface area (Å²) in [7, 11) is 0. The van der Waals surface area contributed by atoms with Crippen molar-refractivity contribution in [3.05, 3.63) is 47.8 Å². The van der Waals surface area contributed by atoms with E-state index in [0.29, 0.717) is 25.3 Å². The van der Waals surface area contributed by atoms with Gasteiger partial charge in [0.15, 0.2) is 0 Å². The van der Waals surface area contributed by atoms with E-state index in [1.165, 1.54) is 11.2 Å². The minimum Gasteiger partial charge on any atom is -0.475 e. The van der Waals surface area contributed by atoms with Crippen LogP contribution in [0.1, 0.15) is 15.9 Å². The molecule has 0 atom stereocenters. The highest BCUT2D eigenvalue weighted by Crippen LogP contribution is 2.29. The summed E-state index contributed by atoms with van der Waals surface area (Å²) in [5.74, 6) is -0.0413.